The number of hydrogen-bond acceptors (Lipinski definition) is 2. The van der Waals surface area contributed by atoms with Crippen molar-refractivity contribution in [2.24, 2.45) is 0 Å². The van der Waals surface area contributed by atoms with Crippen LogP contribution in [-0.2, 0) is 9.09 Å². The first-order valence-corrected chi connectivity index (χ1v) is 3.25. The minimum Gasteiger partial charge on any atom is -0.186 e. The van der Waals surface area contributed by atoms with Gasteiger partial charge in [-0.05, 0) is 4.57 Å². The first kappa shape index (κ1) is 12.6. The summed E-state index contributed by atoms with van der Waals surface area (Å²) in [6.07, 6.45) is -12.3. The Morgan fingerprint density at radius 2 is 1.31 bits per heavy atom. The molecule has 0 heterocycles. The minimum absolute atomic E-state index is 2.42. The molecule has 0 aliphatic rings. The van der Waals surface area contributed by atoms with Crippen LogP contribution in [0.4, 0.5) is 30.7 Å². The van der Waals surface area contributed by atoms with Crippen molar-refractivity contribution in [3.8, 4) is 0 Å². The molecule has 0 saturated carbocycles. The van der Waals surface area contributed by atoms with Crippen LogP contribution in [0.25, 0.3) is 0 Å². The predicted molar refractivity (Wildman–Crippen MR) is 26.0 cm³/mol. The van der Waals surface area contributed by atoms with Crippen molar-refractivity contribution in [3.05, 3.63) is 0 Å². The molecule has 0 aromatic rings. The highest BCUT2D eigenvalue weighted by molar-refractivity contribution is 7.17. The topological polar surface area (TPSA) is 26.3 Å². The first-order chi connectivity index (χ1) is 5.56. The summed E-state index contributed by atoms with van der Waals surface area (Å²) in [4.78, 5) is 0. The van der Waals surface area contributed by atoms with Gasteiger partial charge in [-0.2, -0.15) is 30.7 Å². The zero-order chi connectivity index (χ0) is 10.9. The lowest BCUT2D eigenvalue weighted by Crippen LogP contribution is -2.52. The highest BCUT2D eigenvalue weighted by Crippen LogP contribution is 2.48. The summed E-state index contributed by atoms with van der Waals surface area (Å²) < 4.78 is 92.7. The summed E-state index contributed by atoms with van der Waals surface area (Å²) >= 11 is 0. The van der Waals surface area contributed by atoms with Gasteiger partial charge in [0.05, 0.1) is 0 Å². The van der Waals surface area contributed by atoms with Gasteiger partial charge < -0.3 is 0 Å². The van der Waals surface area contributed by atoms with E-state index in [9.17, 15) is 35.3 Å². The van der Waals surface area contributed by atoms with Gasteiger partial charge in [-0.3, -0.25) is 0 Å². The molecule has 0 N–H and O–H groups in total. The fraction of sp³-hybridized carbons (Fsp3) is 1.00. The minimum atomic E-state index is -6.46. The van der Waals surface area contributed by atoms with E-state index in [0.717, 1.165) is 0 Å². The van der Waals surface area contributed by atoms with E-state index in [1.165, 1.54) is 0 Å². The Balaban J connectivity index is 4.91. The molecule has 1 unspecified atom stereocenters. The highest BCUT2D eigenvalue weighted by atomic mass is 31.1. The zero-order valence-electron chi connectivity index (χ0n) is 5.46. The summed E-state index contributed by atoms with van der Waals surface area (Å²) in [6, 6.07) is 0. The summed E-state index contributed by atoms with van der Waals surface area (Å²) in [6.45, 7) is 0. The van der Waals surface area contributed by atoms with E-state index >= 15 is 0 Å². The molecule has 0 radical (unpaired) electrons. The van der Waals surface area contributed by atoms with Gasteiger partial charge >= 0.3 is 26.9 Å². The second-order valence-electron chi connectivity index (χ2n) is 1.77. The molecule has 0 amide bonds. The fourth-order valence-corrected chi connectivity index (χ4v) is 0.514. The second-order valence-corrected chi connectivity index (χ2v) is 2.15. The van der Waals surface area contributed by atoms with Crippen molar-refractivity contribution in [2.75, 3.05) is 0 Å². The molecule has 0 aromatic carbocycles. The molecule has 13 heavy (non-hydrogen) atoms. The van der Waals surface area contributed by atoms with Crippen LogP contribution in [0.15, 0.2) is 0 Å². The summed E-state index contributed by atoms with van der Waals surface area (Å²) in [5.41, 5.74) is 0. The van der Waals surface area contributed by atoms with E-state index in [2.05, 4.69) is 4.52 Å². The van der Waals surface area contributed by atoms with E-state index in [-0.39, 0.29) is 0 Å². The Kier molecular flexibility index (Phi) is 3.26. The van der Waals surface area contributed by atoms with Crippen LogP contribution >= 0.6 is 8.69 Å². The van der Waals surface area contributed by atoms with Gasteiger partial charge in [0.25, 0.3) is 0 Å². The Bertz CT molecular complexity index is 198. The molecule has 1 atom stereocenters. The Hall–Kier alpha value is -0.430. The molecule has 0 spiro atoms. The number of halogens is 7. The van der Waals surface area contributed by atoms with Crippen molar-refractivity contribution >= 4 is 8.69 Å². The normalized spacial score (nSPS) is 15.0. The van der Waals surface area contributed by atoms with Gasteiger partial charge in [0.1, 0.15) is 0 Å². The van der Waals surface area contributed by atoms with Crippen molar-refractivity contribution in [1.29, 1.82) is 0 Å². The van der Waals surface area contributed by atoms with Gasteiger partial charge in [-0.25, -0.2) is 0 Å². The largest absolute Gasteiger partial charge is 0.500 e. The molecule has 0 fully saturated rings. The SMILES string of the molecule is O=[PH+]OC(F)(F)C(F)(F)C(F)(F)F. The third-order valence-electron chi connectivity index (χ3n) is 0.891. The third kappa shape index (κ3) is 2.28. The second kappa shape index (κ2) is 3.38. The maximum atomic E-state index is 11.8. The molecule has 0 saturated heterocycles. The summed E-state index contributed by atoms with van der Waals surface area (Å²) in [5.74, 6) is -6.36. The van der Waals surface area contributed by atoms with Gasteiger partial charge in [0.15, 0.2) is 0 Å². The van der Waals surface area contributed by atoms with Crippen molar-refractivity contribution in [3.63, 3.8) is 0 Å². The fourth-order valence-electron chi connectivity index (χ4n) is 0.281. The summed E-state index contributed by atoms with van der Waals surface area (Å²) in [7, 11) is -2.42. The maximum absolute atomic E-state index is 11.8. The van der Waals surface area contributed by atoms with Crippen LogP contribution in [0.5, 0.6) is 0 Å². The number of rotatable bonds is 3. The quantitative estimate of drug-likeness (QED) is 0.553. The molecule has 0 aliphatic carbocycles. The van der Waals surface area contributed by atoms with Crippen molar-refractivity contribution in [2.45, 2.75) is 18.2 Å². The molecule has 0 rings (SSSR count). The van der Waals surface area contributed by atoms with Gasteiger partial charge in [0.2, 0.25) is 0 Å². The number of hydrogen-bond donors (Lipinski definition) is 0. The Morgan fingerprint density at radius 1 is 0.923 bits per heavy atom. The van der Waals surface area contributed by atoms with Crippen molar-refractivity contribution < 1.29 is 39.8 Å². The van der Waals surface area contributed by atoms with Crippen molar-refractivity contribution in [1.82, 2.24) is 0 Å². The predicted octanol–water partition coefficient (Wildman–Crippen LogP) is 2.73. The molecular formula is C3HF7O2P+. The lowest BCUT2D eigenvalue weighted by atomic mass is 10.3. The molecule has 0 bridgehead atoms. The Labute approximate surface area is 67.9 Å². The van der Waals surface area contributed by atoms with E-state index in [1.807, 2.05) is 0 Å². The van der Waals surface area contributed by atoms with Crippen LogP contribution in [0, 0.1) is 0 Å². The number of alkyl halides is 7. The summed E-state index contributed by atoms with van der Waals surface area (Å²) in [5, 5.41) is 0. The molecular weight excluding hydrogens is 232 g/mol. The maximum Gasteiger partial charge on any atom is 0.500 e. The standard InChI is InChI=1S/C3HF7O2P/c4-1(5,2(6,7)8)3(9,10)12-13-11/h13H/q+1. The molecule has 2 nitrogen and oxygen atoms in total. The highest BCUT2D eigenvalue weighted by Gasteiger charge is 2.76. The van der Waals surface area contributed by atoms with E-state index in [0.29, 0.717) is 0 Å². The molecule has 78 valence electrons. The van der Waals surface area contributed by atoms with Gasteiger partial charge in [-0.1, -0.05) is 4.52 Å². The van der Waals surface area contributed by atoms with Gasteiger partial charge in [0, 0.05) is 0 Å². The molecule has 0 aliphatic heterocycles. The lowest BCUT2D eigenvalue weighted by molar-refractivity contribution is -0.401. The molecule has 0 aromatic heterocycles. The van der Waals surface area contributed by atoms with Gasteiger partial charge in [-0.15, -0.1) is 0 Å². The monoisotopic (exact) mass is 233 g/mol. The van der Waals surface area contributed by atoms with Crippen LogP contribution in [-0.4, -0.2) is 18.2 Å². The average molecular weight is 233 g/mol. The van der Waals surface area contributed by atoms with E-state index < -0.39 is 26.9 Å². The van der Waals surface area contributed by atoms with E-state index in [4.69, 9.17) is 0 Å². The van der Waals surface area contributed by atoms with Crippen LogP contribution < -0.4 is 0 Å². The third-order valence-corrected chi connectivity index (χ3v) is 1.23. The van der Waals surface area contributed by atoms with Crippen LogP contribution in [0.2, 0.25) is 0 Å². The van der Waals surface area contributed by atoms with E-state index in [1.54, 1.807) is 0 Å². The van der Waals surface area contributed by atoms with Crippen LogP contribution in [0.1, 0.15) is 0 Å². The first-order valence-electron chi connectivity index (χ1n) is 2.44. The average Bonchev–Trinajstić information content (AvgIpc) is 1.84. The lowest BCUT2D eigenvalue weighted by Gasteiger charge is -2.22. The zero-order valence-corrected chi connectivity index (χ0v) is 6.46. The molecule has 10 heteroatoms. The Morgan fingerprint density at radius 3 is 1.54 bits per heavy atom. The van der Waals surface area contributed by atoms with Crippen LogP contribution in [0.3, 0.4) is 0 Å². The smallest absolute Gasteiger partial charge is 0.186 e.